The standard InChI is InChI=1S/C16H21N3O/c1-12-10-18(2)15(20)19(12)14-7-4-3-6-13(14)16(11-17)8-5-9-16/h3-4,6-7,10H,5,8-9,11,17H2,1-2H3. The maximum absolute atomic E-state index is 12.4. The van der Waals surface area contributed by atoms with Crippen molar-refractivity contribution in [1.82, 2.24) is 9.13 Å². The fraction of sp³-hybridized carbons (Fsp3) is 0.438. The summed E-state index contributed by atoms with van der Waals surface area (Å²) in [5, 5.41) is 0. The summed E-state index contributed by atoms with van der Waals surface area (Å²) in [7, 11) is 1.79. The third kappa shape index (κ3) is 1.75. The number of hydrogen-bond donors (Lipinski definition) is 1. The minimum Gasteiger partial charge on any atom is -0.330 e. The Morgan fingerprint density at radius 1 is 1.30 bits per heavy atom. The number of aromatic nitrogens is 2. The number of para-hydroxylation sites is 1. The molecule has 4 heteroatoms. The van der Waals surface area contributed by atoms with Crippen LogP contribution in [0.4, 0.5) is 0 Å². The van der Waals surface area contributed by atoms with Gasteiger partial charge in [-0.05, 0) is 31.4 Å². The average molecular weight is 271 g/mol. The van der Waals surface area contributed by atoms with Gasteiger partial charge in [0.15, 0.2) is 0 Å². The molecule has 0 unspecified atom stereocenters. The van der Waals surface area contributed by atoms with Crippen LogP contribution in [0, 0.1) is 6.92 Å². The van der Waals surface area contributed by atoms with Crippen molar-refractivity contribution in [2.75, 3.05) is 6.54 Å². The number of imidazole rings is 1. The van der Waals surface area contributed by atoms with Gasteiger partial charge in [0.2, 0.25) is 0 Å². The fourth-order valence-corrected chi connectivity index (χ4v) is 3.30. The fourth-order valence-electron chi connectivity index (χ4n) is 3.30. The molecular formula is C16H21N3O. The van der Waals surface area contributed by atoms with Crippen LogP contribution in [-0.2, 0) is 12.5 Å². The molecule has 1 aliphatic carbocycles. The van der Waals surface area contributed by atoms with E-state index in [4.69, 9.17) is 5.73 Å². The number of nitrogens with zero attached hydrogens (tertiary/aromatic N) is 2. The number of rotatable bonds is 3. The predicted molar refractivity (Wildman–Crippen MR) is 80.3 cm³/mol. The monoisotopic (exact) mass is 271 g/mol. The first-order valence-corrected chi connectivity index (χ1v) is 7.14. The molecular weight excluding hydrogens is 250 g/mol. The largest absolute Gasteiger partial charge is 0.332 e. The topological polar surface area (TPSA) is 53.0 Å². The van der Waals surface area contributed by atoms with Crippen LogP contribution >= 0.6 is 0 Å². The summed E-state index contributed by atoms with van der Waals surface area (Å²) >= 11 is 0. The minimum atomic E-state index is 0.00134. The van der Waals surface area contributed by atoms with Crippen molar-refractivity contribution in [2.24, 2.45) is 12.8 Å². The second-order valence-corrected chi connectivity index (χ2v) is 5.85. The summed E-state index contributed by atoms with van der Waals surface area (Å²) in [5.41, 5.74) is 9.25. The van der Waals surface area contributed by atoms with Gasteiger partial charge in [-0.25, -0.2) is 4.79 Å². The highest BCUT2D eigenvalue weighted by Crippen LogP contribution is 2.44. The molecule has 3 rings (SSSR count). The van der Waals surface area contributed by atoms with Gasteiger partial charge < -0.3 is 10.3 Å². The van der Waals surface area contributed by atoms with Crippen LogP contribution in [0.3, 0.4) is 0 Å². The van der Waals surface area contributed by atoms with E-state index in [0.717, 1.165) is 24.2 Å². The van der Waals surface area contributed by atoms with Crippen molar-refractivity contribution in [2.45, 2.75) is 31.6 Å². The first-order chi connectivity index (χ1) is 9.59. The van der Waals surface area contributed by atoms with Crippen molar-refractivity contribution in [3.8, 4) is 5.69 Å². The van der Waals surface area contributed by atoms with Crippen molar-refractivity contribution >= 4 is 0 Å². The molecule has 0 atom stereocenters. The van der Waals surface area contributed by atoms with E-state index < -0.39 is 0 Å². The van der Waals surface area contributed by atoms with Gasteiger partial charge in [-0.3, -0.25) is 4.57 Å². The van der Waals surface area contributed by atoms with E-state index in [9.17, 15) is 4.79 Å². The molecule has 1 aromatic heterocycles. The first-order valence-electron chi connectivity index (χ1n) is 7.14. The molecule has 0 aliphatic heterocycles. The third-order valence-electron chi connectivity index (χ3n) is 4.64. The highest BCUT2D eigenvalue weighted by Gasteiger charge is 2.39. The second-order valence-electron chi connectivity index (χ2n) is 5.85. The Hall–Kier alpha value is -1.81. The lowest BCUT2D eigenvalue weighted by Crippen LogP contribution is -2.42. The summed E-state index contributed by atoms with van der Waals surface area (Å²) in [6.07, 6.45) is 5.31. The zero-order valence-electron chi connectivity index (χ0n) is 12.1. The maximum Gasteiger partial charge on any atom is 0.332 e. The summed E-state index contributed by atoms with van der Waals surface area (Å²) in [6, 6.07) is 8.18. The molecule has 0 radical (unpaired) electrons. The lowest BCUT2D eigenvalue weighted by molar-refractivity contribution is 0.252. The van der Waals surface area contributed by atoms with E-state index in [1.54, 1.807) is 16.2 Å². The Bertz CT molecular complexity index is 686. The third-order valence-corrected chi connectivity index (χ3v) is 4.64. The summed E-state index contributed by atoms with van der Waals surface area (Å²) in [4.78, 5) is 12.4. The Kier molecular flexibility index (Phi) is 3.05. The smallest absolute Gasteiger partial charge is 0.330 e. The van der Waals surface area contributed by atoms with Crippen molar-refractivity contribution < 1.29 is 0 Å². The molecule has 1 saturated carbocycles. The molecule has 1 aromatic carbocycles. The second kappa shape index (κ2) is 4.63. The van der Waals surface area contributed by atoms with Gasteiger partial charge in [-0.1, -0.05) is 24.6 Å². The number of hydrogen-bond acceptors (Lipinski definition) is 2. The molecule has 0 saturated heterocycles. The Labute approximate surface area is 118 Å². The summed E-state index contributed by atoms with van der Waals surface area (Å²) < 4.78 is 3.42. The van der Waals surface area contributed by atoms with E-state index in [2.05, 4.69) is 6.07 Å². The van der Waals surface area contributed by atoms with Crippen LogP contribution in [-0.4, -0.2) is 15.7 Å². The molecule has 0 spiro atoms. The van der Waals surface area contributed by atoms with Crippen LogP contribution < -0.4 is 11.4 Å². The molecule has 1 heterocycles. The van der Waals surface area contributed by atoms with E-state index in [1.165, 1.54) is 12.0 Å². The minimum absolute atomic E-state index is 0.00134. The molecule has 1 aliphatic rings. The van der Waals surface area contributed by atoms with Gasteiger partial charge in [0.25, 0.3) is 0 Å². The zero-order valence-corrected chi connectivity index (χ0v) is 12.1. The van der Waals surface area contributed by atoms with E-state index >= 15 is 0 Å². The van der Waals surface area contributed by atoms with E-state index in [1.807, 2.05) is 31.3 Å². The van der Waals surface area contributed by atoms with Gasteiger partial charge >= 0.3 is 5.69 Å². The van der Waals surface area contributed by atoms with Crippen LogP contribution in [0.15, 0.2) is 35.3 Å². The summed E-state index contributed by atoms with van der Waals surface area (Å²) in [6.45, 7) is 2.61. The molecule has 20 heavy (non-hydrogen) atoms. The van der Waals surface area contributed by atoms with Gasteiger partial charge in [-0.2, -0.15) is 0 Å². The highest BCUT2D eigenvalue weighted by molar-refractivity contribution is 5.48. The van der Waals surface area contributed by atoms with Gasteiger partial charge in [0.1, 0.15) is 0 Å². The zero-order chi connectivity index (χ0) is 14.3. The Morgan fingerprint density at radius 3 is 2.50 bits per heavy atom. The lowest BCUT2D eigenvalue weighted by atomic mass is 9.64. The number of nitrogens with two attached hydrogens (primary N) is 1. The van der Waals surface area contributed by atoms with Crippen molar-refractivity contribution in [3.63, 3.8) is 0 Å². The quantitative estimate of drug-likeness (QED) is 0.926. The van der Waals surface area contributed by atoms with Crippen LogP contribution in [0.25, 0.3) is 5.69 Å². The molecule has 4 nitrogen and oxygen atoms in total. The van der Waals surface area contributed by atoms with Crippen molar-refractivity contribution in [3.05, 3.63) is 52.2 Å². The van der Waals surface area contributed by atoms with Gasteiger partial charge in [0.05, 0.1) is 5.69 Å². The molecule has 106 valence electrons. The number of aryl methyl sites for hydroxylation is 2. The normalized spacial score (nSPS) is 16.9. The SMILES string of the molecule is Cc1cn(C)c(=O)n1-c1ccccc1C1(CN)CCC1. The average Bonchev–Trinajstić information content (AvgIpc) is 2.64. The Balaban J connectivity index is 2.23. The Morgan fingerprint density at radius 2 is 2.00 bits per heavy atom. The highest BCUT2D eigenvalue weighted by atomic mass is 16.1. The van der Waals surface area contributed by atoms with E-state index in [0.29, 0.717) is 6.54 Å². The van der Waals surface area contributed by atoms with Gasteiger partial charge in [0, 0.05) is 30.9 Å². The van der Waals surface area contributed by atoms with Crippen LogP contribution in [0.1, 0.15) is 30.5 Å². The first kappa shape index (κ1) is 13.2. The van der Waals surface area contributed by atoms with Gasteiger partial charge in [-0.15, -0.1) is 0 Å². The molecule has 0 amide bonds. The van der Waals surface area contributed by atoms with Crippen molar-refractivity contribution in [1.29, 1.82) is 0 Å². The molecule has 2 N–H and O–H groups in total. The lowest BCUT2D eigenvalue weighted by Gasteiger charge is -2.42. The summed E-state index contributed by atoms with van der Waals surface area (Å²) in [5.74, 6) is 0. The molecule has 0 bridgehead atoms. The predicted octanol–water partition coefficient (Wildman–Crippen LogP) is 1.86. The number of benzene rings is 1. The van der Waals surface area contributed by atoms with Crippen LogP contribution in [0.2, 0.25) is 0 Å². The molecule has 2 aromatic rings. The van der Waals surface area contributed by atoms with E-state index in [-0.39, 0.29) is 11.1 Å². The maximum atomic E-state index is 12.4. The molecule has 1 fully saturated rings. The van der Waals surface area contributed by atoms with Crippen LogP contribution in [0.5, 0.6) is 0 Å².